The molecule has 2 rings (SSSR count). The van der Waals surface area contributed by atoms with Gasteiger partial charge in [-0.05, 0) is 49.3 Å². The standard InChI is InChI=1S/C18H29INO9P/c1-5-17(3,29-30(26,27)18(4,25)6-2)8-11-12(21)13(22)14(28-11)9-7-10(19)16(24)20-15(9)23/h7,9,11-14,21-22,25H,5-6,8H2,1-4H3,(H,26,27)(H,20,23,24)/t9?,11-,12-,13-,14+,17?,18?/m1/s1. The fourth-order valence-electron chi connectivity index (χ4n) is 3.32. The van der Waals surface area contributed by atoms with Crippen molar-refractivity contribution in [2.24, 2.45) is 5.92 Å². The smallest absolute Gasteiger partial charge is 0.359 e. The Balaban J connectivity index is 2.20. The minimum atomic E-state index is -4.45. The van der Waals surface area contributed by atoms with E-state index in [1.807, 2.05) is 0 Å². The van der Waals surface area contributed by atoms with E-state index < -0.39 is 60.7 Å². The van der Waals surface area contributed by atoms with Gasteiger partial charge in [0, 0.05) is 6.42 Å². The second-order valence-corrected chi connectivity index (χ2v) is 11.5. The summed E-state index contributed by atoms with van der Waals surface area (Å²) in [6.07, 6.45) is -3.37. The average Bonchev–Trinajstić information content (AvgIpc) is 2.92. The number of imide groups is 1. The molecule has 30 heavy (non-hydrogen) atoms. The van der Waals surface area contributed by atoms with Crippen molar-refractivity contribution in [3.05, 3.63) is 9.66 Å². The Morgan fingerprint density at radius 2 is 1.83 bits per heavy atom. The van der Waals surface area contributed by atoms with Crippen LogP contribution < -0.4 is 5.32 Å². The predicted octanol–water partition coefficient (Wildman–Crippen LogP) is 0.946. The normalized spacial score (nSPS) is 35.8. The molecule has 8 atom stereocenters. The van der Waals surface area contributed by atoms with Gasteiger partial charge >= 0.3 is 7.60 Å². The highest BCUT2D eigenvalue weighted by molar-refractivity contribution is 14.1. The van der Waals surface area contributed by atoms with Crippen LogP contribution in [0.1, 0.15) is 47.0 Å². The first kappa shape index (κ1) is 25.9. The van der Waals surface area contributed by atoms with Crippen molar-refractivity contribution in [1.82, 2.24) is 5.32 Å². The lowest BCUT2D eigenvalue weighted by Crippen LogP contribution is -2.47. The van der Waals surface area contributed by atoms with Crippen molar-refractivity contribution in [2.75, 3.05) is 0 Å². The number of carbonyl (C=O) groups excluding carboxylic acids is 2. The first-order chi connectivity index (χ1) is 13.7. The lowest BCUT2D eigenvalue weighted by molar-refractivity contribution is -0.135. The Morgan fingerprint density at radius 3 is 2.37 bits per heavy atom. The van der Waals surface area contributed by atoms with E-state index in [-0.39, 0.29) is 22.8 Å². The zero-order chi connectivity index (χ0) is 23.1. The number of rotatable bonds is 8. The molecule has 4 unspecified atom stereocenters. The van der Waals surface area contributed by atoms with Crippen molar-refractivity contribution in [3.63, 3.8) is 0 Å². The molecule has 0 bridgehead atoms. The number of aliphatic hydroxyl groups excluding tert-OH is 2. The number of carbonyl (C=O) groups is 2. The molecule has 0 saturated carbocycles. The summed E-state index contributed by atoms with van der Waals surface area (Å²) >= 11 is 1.76. The van der Waals surface area contributed by atoms with Crippen LogP contribution in [0.15, 0.2) is 9.66 Å². The predicted molar refractivity (Wildman–Crippen MR) is 115 cm³/mol. The summed E-state index contributed by atoms with van der Waals surface area (Å²) in [4.78, 5) is 34.1. The molecule has 0 aromatic carbocycles. The van der Waals surface area contributed by atoms with Gasteiger partial charge < -0.3 is 29.5 Å². The van der Waals surface area contributed by atoms with Crippen LogP contribution in [0.3, 0.4) is 0 Å². The lowest BCUT2D eigenvalue weighted by Gasteiger charge is -2.37. The molecule has 0 aliphatic carbocycles. The zero-order valence-electron chi connectivity index (χ0n) is 17.2. The van der Waals surface area contributed by atoms with Crippen LogP contribution in [0, 0.1) is 5.92 Å². The van der Waals surface area contributed by atoms with Gasteiger partial charge in [-0.3, -0.25) is 19.5 Å². The third-order valence-corrected chi connectivity index (χ3v) is 8.91. The molecule has 10 nitrogen and oxygen atoms in total. The van der Waals surface area contributed by atoms with Gasteiger partial charge in [0.2, 0.25) is 5.91 Å². The maximum atomic E-state index is 12.6. The number of nitrogens with one attached hydrogen (secondary N) is 1. The molecule has 5 N–H and O–H groups in total. The highest BCUT2D eigenvalue weighted by atomic mass is 127. The second kappa shape index (κ2) is 9.22. The number of hydrogen-bond donors (Lipinski definition) is 5. The Morgan fingerprint density at radius 1 is 1.23 bits per heavy atom. The van der Waals surface area contributed by atoms with Gasteiger partial charge in [0.1, 0.15) is 18.3 Å². The van der Waals surface area contributed by atoms with Gasteiger partial charge in [-0.2, -0.15) is 0 Å². The molecular formula is C18H29INO9P. The van der Waals surface area contributed by atoms with E-state index in [9.17, 15) is 34.4 Å². The average molecular weight is 561 g/mol. The number of amides is 2. The van der Waals surface area contributed by atoms with Crippen LogP contribution in [0.2, 0.25) is 0 Å². The first-order valence-electron chi connectivity index (χ1n) is 9.68. The lowest BCUT2D eigenvalue weighted by atomic mass is 9.90. The Hall–Kier alpha value is -0.400. The van der Waals surface area contributed by atoms with Crippen molar-refractivity contribution in [2.45, 2.75) is 82.3 Å². The number of aliphatic hydroxyl groups is 3. The Labute approximate surface area is 188 Å². The van der Waals surface area contributed by atoms with Crippen LogP contribution in [-0.4, -0.2) is 67.4 Å². The second-order valence-electron chi connectivity index (χ2n) is 8.17. The van der Waals surface area contributed by atoms with Crippen molar-refractivity contribution in [3.8, 4) is 0 Å². The molecule has 1 fully saturated rings. The van der Waals surface area contributed by atoms with Crippen LogP contribution in [-0.2, 0) is 23.4 Å². The number of halogens is 1. The largest absolute Gasteiger partial charge is 0.388 e. The SMILES string of the molecule is CCC(C)(C[C@H]1O[C@@H](C2C=C(I)C(=O)NC2=O)[C@H](O)[C@@H]1O)OP(=O)(O)C(C)(O)CC. The van der Waals surface area contributed by atoms with E-state index in [0.717, 1.165) is 0 Å². The molecule has 2 amide bonds. The number of hydrogen-bond acceptors (Lipinski definition) is 8. The van der Waals surface area contributed by atoms with E-state index in [1.165, 1.54) is 13.0 Å². The van der Waals surface area contributed by atoms with Gasteiger partial charge in [0.25, 0.3) is 5.91 Å². The monoisotopic (exact) mass is 561 g/mol. The maximum Gasteiger partial charge on any atom is 0.359 e. The summed E-state index contributed by atoms with van der Waals surface area (Å²) in [5.74, 6) is -2.18. The van der Waals surface area contributed by atoms with Gasteiger partial charge in [-0.1, -0.05) is 19.9 Å². The highest BCUT2D eigenvalue weighted by Crippen LogP contribution is 2.59. The molecule has 0 aromatic rings. The zero-order valence-corrected chi connectivity index (χ0v) is 20.3. The maximum absolute atomic E-state index is 12.6. The van der Waals surface area contributed by atoms with E-state index in [0.29, 0.717) is 0 Å². The van der Waals surface area contributed by atoms with Crippen LogP contribution in [0.5, 0.6) is 0 Å². The van der Waals surface area contributed by atoms with Gasteiger partial charge in [0.05, 0.1) is 21.2 Å². The first-order valence-corrected chi connectivity index (χ1v) is 12.3. The summed E-state index contributed by atoms with van der Waals surface area (Å²) in [6.45, 7) is 6.02. The van der Waals surface area contributed by atoms with E-state index >= 15 is 0 Å². The fraction of sp³-hybridized carbons (Fsp3) is 0.778. The summed E-state index contributed by atoms with van der Waals surface area (Å²) in [5, 5.41) is 31.4. The topological polar surface area (TPSA) is 163 Å². The van der Waals surface area contributed by atoms with E-state index in [1.54, 1.807) is 43.4 Å². The Bertz CT molecular complexity index is 773. The van der Waals surface area contributed by atoms with Gasteiger partial charge in [-0.25, -0.2) is 0 Å². The molecule has 2 aliphatic heterocycles. The minimum absolute atomic E-state index is 0.00953. The molecule has 0 radical (unpaired) electrons. The molecule has 0 spiro atoms. The summed E-state index contributed by atoms with van der Waals surface area (Å²) < 4.78 is 24.1. The molecular weight excluding hydrogens is 532 g/mol. The third-order valence-electron chi connectivity index (χ3n) is 5.84. The van der Waals surface area contributed by atoms with Crippen LogP contribution >= 0.6 is 30.2 Å². The third kappa shape index (κ3) is 5.15. The van der Waals surface area contributed by atoms with Gasteiger partial charge in [-0.15, -0.1) is 0 Å². The molecule has 0 aromatic heterocycles. The molecule has 12 heteroatoms. The molecule has 172 valence electrons. The summed E-state index contributed by atoms with van der Waals surface area (Å²) in [5.41, 5.74) is -1.27. The quantitative estimate of drug-likeness (QED) is 0.165. The number of ether oxygens (including phenoxy) is 1. The van der Waals surface area contributed by atoms with Crippen molar-refractivity contribution < 1.29 is 43.6 Å². The van der Waals surface area contributed by atoms with Crippen molar-refractivity contribution in [1.29, 1.82) is 0 Å². The molecule has 1 saturated heterocycles. The fourth-order valence-corrected chi connectivity index (χ4v) is 5.24. The van der Waals surface area contributed by atoms with E-state index in [2.05, 4.69) is 5.32 Å². The highest BCUT2D eigenvalue weighted by Gasteiger charge is 2.52. The Kier molecular flexibility index (Phi) is 7.95. The summed E-state index contributed by atoms with van der Waals surface area (Å²) in [7, 11) is -4.45. The van der Waals surface area contributed by atoms with E-state index in [4.69, 9.17) is 9.26 Å². The molecule has 2 aliphatic rings. The van der Waals surface area contributed by atoms with Crippen LogP contribution in [0.4, 0.5) is 0 Å². The minimum Gasteiger partial charge on any atom is -0.388 e. The van der Waals surface area contributed by atoms with Gasteiger partial charge in [0.15, 0.2) is 5.34 Å². The summed E-state index contributed by atoms with van der Waals surface area (Å²) in [6, 6.07) is 0. The van der Waals surface area contributed by atoms with Crippen LogP contribution in [0.25, 0.3) is 0 Å². The molecule has 2 heterocycles. The van der Waals surface area contributed by atoms with Crippen molar-refractivity contribution >= 4 is 42.0 Å².